The monoisotopic (exact) mass is 349 g/mol. The van der Waals surface area contributed by atoms with E-state index in [9.17, 15) is 14.5 Å². The summed E-state index contributed by atoms with van der Waals surface area (Å²) in [5, 5.41) is 19.7. The van der Waals surface area contributed by atoms with E-state index in [1.54, 1.807) is 36.7 Å². The molecule has 2 aromatic carbocycles. The number of nitrogens with zero attached hydrogens (tertiary/aromatic N) is 5. The van der Waals surface area contributed by atoms with Crippen LogP contribution in [-0.4, -0.2) is 14.9 Å². The van der Waals surface area contributed by atoms with E-state index in [1.807, 2.05) is 4.90 Å². The second-order valence-corrected chi connectivity index (χ2v) is 5.38. The highest BCUT2D eigenvalue weighted by Crippen LogP contribution is 2.28. The zero-order chi connectivity index (χ0) is 18.5. The van der Waals surface area contributed by atoms with Gasteiger partial charge in [0.25, 0.3) is 0 Å². The molecule has 128 valence electrons. The summed E-state index contributed by atoms with van der Waals surface area (Å²) >= 11 is 0. The van der Waals surface area contributed by atoms with Crippen molar-refractivity contribution in [2.45, 2.75) is 6.54 Å². The van der Waals surface area contributed by atoms with E-state index in [0.717, 1.165) is 17.8 Å². The molecule has 0 atom stereocenters. The summed E-state index contributed by atoms with van der Waals surface area (Å²) in [4.78, 5) is 19.8. The lowest BCUT2D eigenvalue weighted by atomic mass is 10.1. The van der Waals surface area contributed by atoms with Crippen LogP contribution in [0.15, 0.2) is 61.2 Å². The molecule has 0 amide bonds. The van der Waals surface area contributed by atoms with Gasteiger partial charge in [-0.25, -0.2) is 9.97 Å². The highest BCUT2D eigenvalue weighted by Gasteiger charge is 2.16. The number of halogens is 1. The van der Waals surface area contributed by atoms with Crippen molar-refractivity contribution in [1.29, 1.82) is 5.26 Å². The Morgan fingerprint density at radius 3 is 2.38 bits per heavy atom. The lowest BCUT2D eigenvalue weighted by Crippen LogP contribution is -2.17. The number of hydrogen-bond acceptors (Lipinski definition) is 6. The van der Waals surface area contributed by atoms with E-state index >= 15 is 0 Å². The molecule has 0 aliphatic carbocycles. The molecule has 0 saturated heterocycles. The maximum absolute atomic E-state index is 13.9. The van der Waals surface area contributed by atoms with Crippen LogP contribution in [0.25, 0.3) is 0 Å². The first-order valence-corrected chi connectivity index (χ1v) is 7.54. The fourth-order valence-electron chi connectivity index (χ4n) is 2.46. The summed E-state index contributed by atoms with van der Waals surface area (Å²) in [6.07, 6.45) is 4.60. The molecule has 0 radical (unpaired) electrons. The molecule has 1 aromatic heterocycles. The third kappa shape index (κ3) is 3.62. The van der Waals surface area contributed by atoms with Crippen LogP contribution in [-0.2, 0) is 6.54 Å². The van der Waals surface area contributed by atoms with Crippen molar-refractivity contribution in [3.05, 3.63) is 88.2 Å². The van der Waals surface area contributed by atoms with Gasteiger partial charge in [0, 0.05) is 18.3 Å². The SMILES string of the molecule is N#Cc1ccc(N(Cc2ccc([N+](=O)[O-])c(F)c2)c2cncnc2)cc1. The van der Waals surface area contributed by atoms with Crippen molar-refractivity contribution in [3.63, 3.8) is 0 Å². The van der Waals surface area contributed by atoms with Crippen molar-refractivity contribution >= 4 is 17.1 Å². The zero-order valence-corrected chi connectivity index (χ0v) is 13.4. The summed E-state index contributed by atoms with van der Waals surface area (Å²) in [5.41, 5.74) is 1.90. The van der Waals surface area contributed by atoms with Gasteiger partial charge in [-0.05, 0) is 35.9 Å². The Balaban J connectivity index is 1.97. The van der Waals surface area contributed by atoms with Crippen molar-refractivity contribution in [2.75, 3.05) is 4.90 Å². The smallest absolute Gasteiger partial charge is 0.304 e. The van der Waals surface area contributed by atoms with Gasteiger partial charge in [0.1, 0.15) is 6.33 Å². The lowest BCUT2D eigenvalue weighted by Gasteiger charge is -2.24. The molecule has 0 saturated carbocycles. The molecule has 1 heterocycles. The van der Waals surface area contributed by atoms with Crippen LogP contribution in [0.4, 0.5) is 21.5 Å². The minimum absolute atomic E-state index is 0.244. The molecule has 0 spiro atoms. The average molecular weight is 349 g/mol. The maximum Gasteiger partial charge on any atom is 0.304 e. The van der Waals surface area contributed by atoms with Gasteiger partial charge < -0.3 is 4.90 Å². The summed E-state index contributed by atoms with van der Waals surface area (Å²) < 4.78 is 13.9. The molecule has 3 aromatic rings. The van der Waals surface area contributed by atoms with Gasteiger partial charge in [0.05, 0.1) is 34.6 Å². The van der Waals surface area contributed by atoms with Crippen LogP contribution < -0.4 is 4.90 Å². The number of nitro benzene ring substituents is 1. The van der Waals surface area contributed by atoms with Gasteiger partial charge in [-0.15, -0.1) is 0 Å². The first-order chi connectivity index (χ1) is 12.6. The number of hydrogen-bond donors (Lipinski definition) is 0. The van der Waals surface area contributed by atoms with Crippen LogP contribution in [0.1, 0.15) is 11.1 Å². The molecule has 8 heteroatoms. The van der Waals surface area contributed by atoms with Gasteiger partial charge in [-0.2, -0.15) is 9.65 Å². The molecule has 0 N–H and O–H groups in total. The average Bonchev–Trinajstić information content (AvgIpc) is 2.67. The fourth-order valence-corrected chi connectivity index (χ4v) is 2.46. The normalized spacial score (nSPS) is 10.2. The van der Waals surface area contributed by atoms with Crippen molar-refractivity contribution in [1.82, 2.24) is 9.97 Å². The highest BCUT2D eigenvalue weighted by molar-refractivity contribution is 5.62. The fraction of sp³-hybridized carbons (Fsp3) is 0.0556. The molecular weight excluding hydrogens is 337 g/mol. The largest absolute Gasteiger partial charge is 0.334 e. The predicted octanol–water partition coefficient (Wildman–Crippen LogP) is 3.73. The second kappa shape index (κ2) is 7.36. The summed E-state index contributed by atoms with van der Waals surface area (Å²) in [6, 6.07) is 12.7. The Morgan fingerprint density at radius 1 is 1.12 bits per heavy atom. The van der Waals surface area contributed by atoms with Crippen molar-refractivity contribution in [3.8, 4) is 6.07 Å². The number of nitro groups is 1. The molecule has 0 bridgehead atoms. The third-order valence-electron chi connectivity index (χ3n) is 3.72. The van der Waals surface area contributed by atoms with Crippen molar-refractivity contribution in [2.24, 2.45) is 0 Å². The number of rotatable bonds is 5. The summed E-state index contributed by atoms with van der Waals surface area (Å²) in [6.45, 7) is 0.244. The summed E-state index contributed by atoms with van der Waals surface area (Å²) in [7, 11) is 0. The van der Waals surface area contributed by atoms with E-state index in [-0.39, 0.29) is 6.54 Å². The van der Waals surface area contributed by atoms with Gasteiger partial charge in [0.15, 0.2) is 0 Å². The van der Waals surface area contributed by atoms with Crippen LogP contribution in [0.3, 0.4) is 0 Å². The Bertz CT molecular complexity index is 971. The first-order valence-electron chi connectivity index (χ1n) is 7.54. The maximum atomic E-state index is 13.9. The second-order valence-electron chi connectivity index (χ2n) is 5.38. The summed E-state index contributed by atoms with van der Waals surface area (Å²) in [5.74, 6) is -0.892. The van der Waals surface area contributed by atoms with Crippen LogP contribution in [0.2, 0.25) is 0 Å². The van der Waals surface area contributed by atoms with Gasteiger partial charge in [0.2, 0.25) is 5.82 Å². The Morgan fingerprint density at radius 2 is 1.81 bits per heavy atom. The highest BCUT2D eigenvalue weighted by atomic mass is 19.1. The van der Waals surface area contributed by atoms with E-state index in [2.05, 4.69) is 16.0 Å². The zero-order valence-electron chi connectivity index (χ0n) is 13.4. The Labute approximate surface area is 148 Å². The number of nitriles is 1. The molecular formula is C18H12FN5O2. The number of anilines is 2. The van der Waals surface area contributed by atoms with E-state index < -0.39 is 16.4 Å². The van der Waals surface area contributed by atoms with Crippen LogP contribution in [0.5, 0.6) is 0 Å². The quantitative estimate of drug-likeness (QED) is 0.514. The van der Waals surface area contributed by atoms with E-state index in [4.69, 9.17) is 5.26 Å². The molecule has 0 aliphatic heterocycles. The Hall–Kier alpha value is -3.86. The Kier molecular flexibility index (Phi) is 4.80. The lowest BCUT2D eigenvalue weighted by molar-refractivity contribution is -0.387. The van der Waals surface area contributed by atoms with Crippen LogP contribution in [0, 0.1) is 27.3 Å². The molecule has 26 heavy (non-hydrogen) atoms. The molecule has 0 aliphatic rings. The standard InChI is InChI=1S/C18H12FN5O2/c19-17-7-14(3-6-18(17)24(25)26)11-23(16-9-21-12-22-10-16)15-4-1-13(8-20)2-5-15/h1-7,9-10,12H,11H2. The minimum Gasteiger partial charge on any atom is -0.334 e. The third-order valence-corrected chi connectivity index (χ3v) is 3.72. The van der Waals surface area contributed by atoms with Crippen LogP contribution >= 0.6 is 0 Å². The molecule has 7 nitrogen and oxygen atoms in total. The van der Waals surface area contributed by atoms with Crippen molar-refractivity contribution < 1.29 is 9.31 Å². The molecule has 0 unspecified atom stereocenters. The van der Waals surface area contributed by atoms with E-state index in [1.165, 1.54) is 12.4 Å². The number of benzene rings is 2. The predicted molar refractivity (Wildman–Crippen MR) is 92.1 cm³/mol. The molecule has 0 fully saturated rings. The molecule has 3 rings (SSSR count). The number of aromatic nitrogens is 2. The first kappa shape index (κ1) is 17.0. The van der Waals surface area contributed by atoms with Gasteiger partial charge in [-0.1, -0.05) is 6.07 Å². The van der Waals surface area contributed by atoms with Gasteiger partial charge in [-0.3, -0.25) is 10.1 Å². The van der Waals surface area contributed by atoms with Gasteiger partial charge >= 0.3 is 5.69 Å². The minimum atomic E-state index is -0.892. The topological polar surface area (TPSA) is 96.0 Å². The van der Waals surface area contributed by atoms with E-state index in [0.29, 0.717) is 16.8 Å².